The number of pyridine rings is 1. The molecular formula is C26H27N11. The molecule has 0 aliphatic rings. The Kier molecular flexibility index (Phi) is 6.42. The minimum Gasteiger partial charge on any atom is -0.376 e. The Labute approximate surface area is 214 Å². The highest BCUT2D eigenvalue weighted by atomic mass is 15.3. The Bertz CT molecular complexity index is 1530. The third kappa shape index (κ3) is 5.50. The van der Waals surface area contributed by atoms with Gasteiger partial charge in [-0.05, 0) is 45.4 Å². The van der Waals surface area contributed by atoms with E-state index in [1.54, 1.807) is 29.5 Å². The van der Waals surface area contributed by atoms with E-state index in [9.17, 15) is 0 Å². The smallest absolute Gasteiger partial charge is 0.171 e. The van der Waals surface area contributed by atoms with Gasteiger partial charge in [0, 0.05) is 41.5 Å². The van der Waals surface area contributed by atoms with E-state index in [0.717, 1.165) is 28.2 Å². The van der Waals surface area contributed by atoms with Crippen LogP contribution in [0.3, 0.4) is 0 Å². The highest BCUT2D eigenvalue weighted by Gasteiger charge is 2.12. The molecule has 1 atom stereocenters. The Balaban J connectivity index is 1.25. The van der Waals surface area contributed by atoms with Crippen LogP contribution in [0.2, 0.25) is 0 Å². The first kappa shape index (κ1) is 23.8. The lowest BCUT2D eigenvalue weighted by molar-refractivity contribution is 0.668. The molecule has 5 aromatic heterocycles. The summed E-state index contributed by atoms with van der Waals surface area (Å²) in [6.45, 7) is 12.0. The predicted molar refractivity (Wildman–Crippen MR) is 141 cm³/mol. The second-order valence-corrected chi connectivity index (χ2v) is 8.82. The fourth-order valence-electron chi connectivity index (χ4n) is 3.70. The summed E-state index contributed by atoms with van der Waals surface area (Å²) in [5, 5.41) is 17.9. The Morgan fingerprint density at radius 1 is 0.973 bits per heavy atom. The monoisotopic (exact) mass is 493 g/mol. The van der Waals surface area contributed by atoms with E-state index in [4.69, 9.17) is 0 Å². The van der Waals surface area contributed by atoms with Gasteiger partial charge in [0.2, 0.25) is 0 Å². The summed E-state index contributed by atoms with van der Waals surface area (Å²) in [7, 11) is 0. The van der Waals surface area contributed by atoms with Crippen LogP contribution in [-0.2, 0) is 0 Å². The fourth-order valence-corrected chi connectivity index (χ4v) is 3.70. The van der Waals surface area contributed by atoms with Gasteiger partial charge in [-0.15, -0.1) is 0 Å². The molecule has 1 unspecified atom stereocenters. The number of hydrogen-bond acceptors (Lipinski definition) is 9. The van der Waals surface area contributed by atoms with Gasteiger partial charge in [0.1, 0.15) is 5.82 Å². The predicted octanol–water partition coefficient (Wildman–Crippen LogP) is 4.23. The lowest BCUT2D eigenvalue weighted by Crippen LogP contribution is -2.18. The van der Waals surface area contributed by atoms with Crippen molar-refractivity contribution in [1.82, 2.24) is 50.2 Å². The molecule has 5 rings (SSSR count). The molecule has 37 heavy (non-hydrogen) atoms. The average Bonchev–Trinajstić information content (AvgIpc) is 3.51. The van der Waals surface area contributed by atoms with Gasteiger partial charge in [0.15, 0.2) is 17.5 Å². The third-order valence-electron chi connectivity index (χ3n) is 5.59. The number of aryl methyl sites for hydroxylation is 3. The second kappa shape index (κ2) is 9.97. The van der Waals surface area contributed by atoms with Crippen LogP contribution < -0.4 is 10.6 Å². The maximum Gasteiger partial charge on any atom is 0.171 e. The molecule has 0 radical (unpaired) electrons. The van der Waals surface area contributed by atoms with Crippen molar-refractivity contribution in [3.05, 3.63) is 90.2 Å². The average molecular weight is 494 g/mol. The van der Waals surface area contributed by atoms with Gasteiger partial charge < -0.3 is 10.6 Å². The van der Waals surface area contributed by atoms with Crippen molar-refractivity contribution in [2.45, 2.75) is 33.7 Å². The molecule has 5 aromatic rings. The maximum atomic E-state index is 4.63. The topological polar surface area (TPSA) is 135 Å². The maximum absolute atomic E-state index is 4.63. The molecule has 0 aliphatic heterocycles. The minimum absolute atomic E-state index is 0.116. The van der Waals surface area contributed by atoms with Gasteiger partial charge in [-0.3, -0.25) is 15.1 Å². The number of nitrogens with zero attached hydrogens (tertiary/aromatic N) is 8. The largest absolute Gasteiger partial charge is 0.376 e. The third-order valence-corrected chi connectivity index (χ3v) is 5.59. The molecule has 3 N–H and O–H groups in total. The number of nitrogens with one attached hydrogen (secondary N) is 3. The molecular weight excluding hydrogens is 466 g/mol. The molecule has 0 bridgehead atoms. The normalized spacial score (nSPS) is 11.8. The van der Waals surface area contributed by atoms with E-state index < -0.39 is 0 Å². The van der Waals surface area contributed by atoms with E-state index >= 15 is 0 Å². The summed E-state index contributed by atoms with van der Waals surface area (Å²) in [5.41, 5.74) is 5.82. The zero-order valence-corrected chi connectivity index (χ0v) is 21.1. The summed E-state index contributed by atoms with van der Waals surface area (Å²) in [5.74, 6) is 2.59. The van der Waals surface area contributed by atoms with Crippen molar-refractivity contribution in [2.24, 2.45) is 0 Å². The minimum atomic E-state index is -0.116. The number of rotatable bonds is 8. The molecule has 0 fully saturated rings. The quantitative estimate of drug-likeness (QED) is 0.290. The zero-order chi connectivity index (χ0) is 25.9. The SMILES string of the molecule is C=C(NC(C)c1cnc(-n2cc(C)cn2)cn1)c1ccc(-c2nc(C)cc(Nc3cc(C)[nH]n3)n2)cn1. The van der Waals surface area contributed by atoms with Crippen molar-refractivity contribution < 1.29 is 0 Å². The summed E-state index contributed by atoms with van der Waals surface area (Å²) in [6.07, 6.45) is 8.87. The van der Waals surface area contributed by atoms with E-state index in [1.807, 2.05) is 58.2 Å². The summed E-state index contributed by atoms with van der Waals surface area (Å²) in [4.78, 5) is 22.8. The van der Waals surface area contributed by atoms with Crippen LogP contribution in [0.25, 0.3) is 22.9 Å². The van der Waals surface area contributed by atoms with Crippen LogP contribution in [-0.4, -0.2) is 44.9 Å². The van der Waals surface area contributed by atoms with Crippen molar-refractivity contribution in [1.29, 1.82) is 0 Å². The van der Waals surface area contributed by atoms with Crippen molar-refractivity contribution in [3.63, 3.8) is 0 Å². The highest BCUT2D eigenvalue weighted by Crippen LogP contribution is 2.22. The standard InChI is InChI=1S/C26H27N11/c1-15-10-30-37(14-15)25-13-28-22(12-29-25)19(5)32-18(4)21-7-6-20(11-27-21)26-31-16(2)8-23(34-26)33-24-9-17(3)35-36-24/h6-14,19,32H,4H2,1-3,5H3,(H2,31,33,34,35,36). The first-order valence-corrected chi connectivity index (χ1v) is 11.7. The summed E-state index contributed by atoms with van der Waals surface area (Å²) in [6, 6.07) is 7.48. The summed E-state index contributed by atoms with van der Waals surface area (Å²) < 4.78 is 1.70. The van der Waals surface area contributed by atoms with E-state index in [0.29, 0.717) is 34.7 Å². The van der Waals surface area contributed by atoms with E-state index in [2.05, 4.69) is 57.4 Å². The molecule has 0 saturated carbocycles. The Morgan fingerprint density at radius 3 is 2.49 bits per heavy atom. The molecule has 186 valence electrons. The van der Waals surface area contributed by atoms with Crippen LogP contribution in [0.15, 0.2) is 61.8 Å². The zero-order valence-electron chi connectivity index (χ0n) is 21.1. The molecule has 5 heterocycles. The van der Waals surface area contributed by atoms with E-state index in [1.165, 1.54) is 0 Å². The van der Waals surface area contributed by atoms with Crippen molar-refractivity contribution in [2.75, 3.05) is 5.32 Å². The molecule has 0 aromatic carbocycles. The van der Waals surface area contributed by atoms with Gasteiger partial charge in [-0.25, -0.2) is 19.6 Å². The van der Waals surface area contributed by atoms with Gasteiger partial charge in [-0.1, -0.05) is 6.58 Å². The van der Waals surface area contributed by atoms with Gasteiger partial charge >= 0.3 is 0 Å². The van der Waals surface area contributed by atoms with E-state index in [-0.39, 0.29) is 6.04 Å². The number of anilines is 2. The van der Waals surface area contributed by atoms with Gasteiger partial charge in [0.05, 0.1) is 41.7 Å². The lowest BCUT2D eigenvalue weighted by atomic mass is 10.2. The van der Waals surface area contributed by atoms with Gasteiger partial charge in [-0.2, -0.15) is 10.2 Å². The number of H-pyrrole nitrogens is 1. The second-order valence-electron chi connectivity index (χ2n) is 8.82. The number of aromatic amines is 1. The van der Waals surface area contributed by atoms with Crippen molar-refractivity contribution in [3.8, 4) is 17.2 Å². The van der Waals surface area contributed by atoms with Crippen LogP contribution in [0.1, 0.15) is 41.3 Å². The van der Waals surface area contributed by atoms with Crippen LogP contribution in [0, 0.1) is 20.8 Å². The van der Waals surface area contributed by atoms with Gasteiger partial charge in [0.25, 0.3) is 0 Å². The number of aromatic nitrogens is 9. The first-order chi connectivity index (χ1) is 17.8. The number of hydrogen-bond donors (Lipinski definition) is 3. The highest BCUT2D eigenvalue weighted by molar-refractivity contribution is 5.64. The summed E-state index contributed by atoms with van der Waals surface area (Å²) >= 11 is 0. The molecule has 0 saturated heterocycles. The van der Waals surface area contributed by atoms with Crippen LogP contribution in [0.5, 0.6) is 0 Å². The molecule has 0 aliphatic carbocycles. The Morgan fingerprint density at radius 2 is 1.84 bits per heavy atom. The molecule has 11 heteroatoms. The lowest BCUT2D eigenvalue weighted by Gasteiger charge is -2.16. The van der Waals surface area contributed by atoms with Crippen LogP contribution in [0.4, 0.5) is 11.6 Å². The molecule has 11 nitrogen and oxygen atoms in total. The van der Waals surface area contributed by atoms with Crippen molar-refractivity contribution >= 4 is 17.3 Å². The molecule has 0 spiro atoms. The Hall–Kier alpha value is -4.93. The molecule has 0 amide bonds. The van der Waals surface area contributed by atoms with Crippen LogP contribution >= 0.6 is 0 Å². The first-order valence-electron chi connectivity index (χ1n) is 11.7. The fraction of sp³-hybridized carbons (Fsp3) is 0.192.